The topological polar surface area (TPSA) is 94.1 Å². The molecule has 2 rings (SSSR count). The minimum atomic E-state index is -0.888. The lowest BCUT2D eigenvalue weighted by molar-refractivity contribution is -0.143. The van der Waals surface area contributed by atoms with Gasteiger partial charge in [-0.2, -0.15) is 0 Å². The maximum atomic E-state index is 12.0. The van der Waals surface area contributed by atoms with Crippen molar-refractivity contribution in [1.82, 2.24) is 5.32 Å². The lowest BCUT2D eigenvalue weighted by Crippen LogP contribution is -2.45. The highest BCUT2D eigenvalue weighted by atomic mass is 127. The number of hydrogen-bond donors (Lipinski definition) is 2. The first-order valence-electron chi connectivity index (χ1n) is 8.90. The van der Waals surface area contributed by atoms with E-state index in [-0.39, 0.29) is 12.2 Å². The molecule has 0 aliphatic heterocycles. The molecule has 1 amide bonds. The molecule has 0 saturated heterocycles. The van der Waals surface area contributed by atoms with Gasteiger partial charge in [0, 0.05) is 9.99 Å². The van der Waals surface area contributed by atoms with Gasteiger partial charge in [0.2, 0.25) is 0 Å². The minimum absolute atomic E-state index is 0.0433. The molecule has 0 radical (unpaired) electrons. The van der Waals surface area contributed by atoms with Crippen LogP contribution in [0.3, 0.4) is 0 Å². The van der Waals surface area contributed by atoms with Gasteiger partial charge in [-0.25, -0.2) is 9.59 Å². The Morgan fingerprint density at radius 3 is 2.38 bits per heavy atom. The molecule has 0 saturated carbocycles. The molecule has 2 aromatic rings. The quantitative estimate of drug-likeness (QED) is 0.440. The molecule has 0 aromatic heterocycles. The molecule has 7 nitrogen and oxygen atoms in total. The number of amides is 1. The fourth-order valence-corrected chi connectivity index (χ4v) is 2.87. The Kier molecular flexibility index (Phi) is 7.72. The van der Waals surface area contributed by atoms with Crippen LogP contribution in [0, 0.1) is 3.57 Å². The number of carbonyl (C=O) groups is 2. The van der Waals surface area contributed by atoms with E-state index in [4.69, 9.17) is 14.2 Å². The molecule has 1 atom stereocenters. The first-order chi connectivity index (χ1) is 13.6. The summed E-state index contributed by atoms with van der Waals surface area (Å²) in [5.74, 6) is 0.353. The van der Waals surface area contributed by atoms with Gasteiger partial charge in [-0.15, -0.1) is 0 Å². The van der Waals surface area contributed by atoms with Crippen molar-refractivity contribution in [2.24, 2.45) is 0 Å². The number of rotatable bonds is 6. The van der Waals surface area contributed by atoms with Crippen LogP contribution in [0.25, 0.3) is 0 Å². The van der Waals surface area contributed by atoms with Gasteiger partial charge in [0.15, 0.2) is 11.5 Å². The molecule has 0 spiro atoms. The molecule has 0 aliphatic carbocycles. The van der Waals surface area contributed by atoms with Crippen LogP contribution in [0.2, 0.25) is 0 Å². The Bertz CT molecular complexity index is 860. The van der Waals surface area contributed by atoms with Crippen LogP contribution in [-0.2, 0) is 20.7 Å². The van der Waals surface area contributed by atoms with Gasteiger partial charge in [0.05, 0.1) is 7.11 Å². The van der Waals surface area contributed by atoms with Crippen LogP contribution < -0.4 is 10.1 Å². The smallest absolute Gasteiger partial charge is 0.408 e. The average Bonchev–Trinajstić information content (AvgIpc) is 2.63. The molecule has 0 unspecified atom stereocenters. The van der Waals surface area contributed by atoms with Crippen LogP contribution in [0.5, 0.6) is 17.2 Å². The molecule has 0 heterocycles. The second kappa shape index (κ2) is 9.82. The highest BCUT2D eigenvalue weighted by Crippen LogP contribution is 2.32. The molecule has 29 heavy (non-hydrogen) atoms. The number of carbonyl (C=O) groups excluding carboxylic acids is 2. The largest absolute Gasteiger partial charge is 0.504 e. The first kappa shape index (κ1) is 22.8. The van der Waals surface area contributed by atoms with E-state index in [1.165, 1.54) is 7.11 Å². The molecule has 0 aliphatic rings. The van der Waals surface area contributed by atoms with Crippen molar-refractivity contribution in [3.63, 3.8) is 0 Å². The summed E-state index contributed by atoms with van der Waals surface area (Å²) in [5.41, 5.74) is 0.112. The van der Waals surface area contributed by atoms with Crippen molar-refractivity contribution in [2.45, 2.75) is 38.8 Å². The number of ether oxygens (including phenoxy) is 3. The van der Waals surface area contributed by atoms with Gasteiger partial charge < -0.3 is 24.6 Å². The van der Waals surface area contributed by atoms with Crippen LogP contribution in [0.15, 0.2) is 42.5 Å². The van der Waals surface area contributed by atoms with Gasteiger partial charge in [0.1, 0.15) is 17.4 Å². The number of phenols is 1. The number of methoxy groups -OCH3 is 1. The fourth-order valence-electron chi connectivity index (χ4n) is 2.41. The maximum Gasteiger partial charge on any atom is 0.408 e. The van der Waals surface area contributed by atoms with Crippen molar-refractivity contribution < 1.29 is 28.9 Å². The van der Waals surface area contributed by atoms with Crippen molar-refractivity contribution in [1.29, 1.82) is 0 Å². The van der Waals surface area contributed by atoms with E-state index in [0.717, 1.165) is 9.13 Å². The monoisotopic (exact) mass is 513 g/mol. The zero-order valence-electron chi connectivity index (χ0n) is 16.7. The fraction of sp³-hybridized carbons (Fsp3) is 0.333. The zero-order valence-corrected chi connectivity index (χ0v) is 18.8. The third kappa shape index (κ3) is 7.45. The number of nitrogens with one attached hydrogen (secondary N) is 1. The first-order valence-corrected chi connectivity index (χ1v) is 9.98. The second-order valence-electron chi connectivity index (χ2n) is 7.28. The Labute approximate surface area is 183 Å². The summed E-state index contributed by atoms with van der Waals surface area (Å²) >= 11 is 2.13. The predicted octanol–water partition coefficient (Wildman–Crippen LogP) is 4.40. The van der Waals surface area contributed by atoms with Crippen molar-refractivity contribution in [3.05, 3.63) is 51.6 Å². The van der Waals surface area contributed by atoms with E-state index in [1.54, 1.807) is 63.2 Å². The Balaban J connectivity index is 2.07. The SMILES string of the molecule is COC(=O)[C@H](Cc1ccc(Oc2cc(I)ccc2O)cc1)NC(=O)OC(C)(C)C. The summed E-state index contributed by atoms with van der Waals surface area (Å²) in [6.07, 6.45) is -0.470. The van der Waals surface area contributed by atoms with Crippen LogP contribution in [0.4, 0.5) is 4.79 Å². The van der Waals surface area contributed by atoms with E-state index >= 15 is 0 Å². The van der Waals surface area contributed by atoms with Crippen LogP contribution in [0.1, 0.15) is 26.3 Å². The normalized spacial score (nSPS) is 12.0. The zero-order chi connectivity index (χ0) is 21.6. The molecule has 2 N–H and O–H groups in total. The molecule has 0 bridgehead atoms. The van der Waals surface area contributed by atoms with Gasteiger partial charge >= 0.3 is 12.1 Å². The van der Waals surface area contributed by atoms with E-state index < -0.39 is 23.7 Å². The third-order valence-electron chi connectivity index (χ3n) is 3.69. The van der Waals surface area contributed by atoms with Gasteiger partial charge in [-0.05, 0) is 79.3 Å². The van der Waals surface area contributed by atoms with Crippen LogP contribution >= 0.6 is 22.6 Å². The lowest BCUT2D eigenvalue weighted by Gasteiger charge is -2.22. The van der Waals surface area contributed by atoms with Crippen LogP contribution in [-0.4, -0.2) is 35.9 Å². The summed E-state index contributed by atoms with van der Waals surface area (Å²) in [6, 6.07) is 11.2. The highest BCUT2D eigenvalue weighted by Gasteiger charge is 2.25. The molecular formula is C21H24INO6. The second-order valence-corrected chi connectivity index (χ2v) is 8.53. The number of halogens is 1. The van der Waals surface area contributed by atoms with E-state index in [9.17, 15) is 14.7 Å². The lowest BCUT2D eigenvalue weighted by atomic mass is 10.1. The Hall–Kier alpha value is -2.49. The van der Waals surface area contributed by atoms with Gasteiger partial charge in [-0.3, -0.25) is 0 Å². The predicted molar refractivity (Wildman–Crippen MR) is 116 cm³/mol. The summed E-state index contributed by atoms with van der Waals surface area (Å²) in [6.45, 7) is 5.22. The number of benzene rings is 2. The Morgan fingerprint density at radius 1 is 1.14 bits per heavy atom. The molecule has 156 valence electrons. The van der Waals surface area contributed by atoms with Crippen molar-refractivity contribution in [3.8, 4) is 17.2 Å². The number of phenolic OH excluding ortho intramolecular Hbond substituents is 1. The number of alkyl carbamates (subject to hydrolysis) is 1. The molecule has 0 fully saturated rings. The molecular weight excluding hydrogens is 489 g/mol. The van der Waals surface area contributed by atoms with E-state index in [0.29, 0.717) is 11.5 Å². The Morgan fingerprint density at radius 2 is 1.79 bits per heavy atom. The maximum absolute atomic E-state index is 12.0. The molecule has 2 aromatic carbocycles. The molecule has 8 heteroatoms. The number of esters is 1. The summed E-state index contributed by atoms with van der Waals surface area (Å²) in [5, 5.41) is 12.4. The number of aromatic hydroxyl groups is 1. The third-order valence-corrected chi connectivity index (χ3v) is 4.36. The average molecular weight is 513 g/mol. The minimum Gasteiger partial charge on any atom is -0.504 e. The highest BCUT2D eigenvalue weighted by molar-refractivity contribution is 14.1. The summed E-state index contributed by atoms with van der Waals surface area (Å²) in [4.78, 5) is 24.1. The standard InChI is InChI=1S/C21H24INO6/c1-21(2,3)29-20(26)23-16(19(25)27-4)11-13-5-8-15(9-6-13)28-18-12-14(22)7-10-17(18)24/h5-10,12,16,24H,11H2,1-4H3,(H,23,26)/t16-/m0/s1. The van der Waals surface area contributed by atoms with Gasteiger partial charge in [-0.1, -0.05) is 12.1 Å². The summed E-state index contributed by atoms with van der Waals surface area (Å²) < 4.78 is 16.6. The van der Waals surface area contributed by atoms with Gasteiger partial charge in [0.25, 0.3) is 0 Å². The number of hydrogen-bond acceptors (Lipinski definition) is 6. The van der Waals surface area contributed by atoms with E-state index in [1.807, 2.05) is 0 Å². The van der Waals surface area contributed by atoms with E-state index in [2.05, 4.69) is 27.9 Å². The van der Waals surface area contributed by atoms with Crippen molar-refractivity contribution >= 4 is 34.7 Å². The summed E-state index contributed by atoms with van der Waals surface area (Å²) in [7, 11) is 1.26. The van der Waals surface area contributed by atoms with Crippen molar-refractivity contribution in [2.75, 3.05) is 7.11 Å².